The highest BCUT2D eigenvalue weighted by atomic mass is 35.5. The van der Waals surface area contributed by atoms with Gasteiger partial charge >= 0.3 is 0 Å². The van der Waals surface area contributed by atoms with Crippen LogP contribution in [0.5, 0.6) is 5.75 Å². The number of amides is 1. The lowest BCUT2D eigenvalue weighted by molar-refractivity contribution is -0.384. The second-order valence-corrected chi connectivity index (χ2v) is 4.99. The van der Waals surface area contributed by atoms with E-state index in [9.17, 15) is 19.7 Å². The maximum atomic E-state index is 11.9. The molecule has 1 fully saturated rings. The van der Waals surface area contributed by atoms with Crippen LogP contribution in [0.4, 0.5) is 5.69 Å². The molecule has 2 rings (SSSR count). The quantitative estimate of drug-likeness (QED) is 0.625. The smallest absolute Gasteiger partial charge is 0.288 e. The zero-order valence-corrected chi connectivity index (χ0v) is 11.8. The Balaban J connectivity index is 1.91. The SMILES string of the molecule is O=C1CCN(C(=O)COc2ccc([N+](=O)[O-])c(Cl)c2)CC1. The number of likely N-dealkylation sites (tertiary alicyclic amines) is 1. The van der Waals surface area contributed by atoms with Gasteiger partial charge < -0.3 is 9.64 Å². The predicted octanol–water partition coefficient (Wildman–Crippen LogP) is 1.82. The largest absolute Gasteiger partial charge is 0.484 e. The molecule has 8 heteroatoms. The molecule has 1 aromatic carbocycles. The van der Waals surface area contributed by atoms with Crippen molar-refractivity contribution in [2.45, 2.75) is 12.8 Å². The standard InChI is InChI=1S/C13H13ClN2O5/c14-11-7-10(1-2-12(11)16(19)20)21-8-13(18)15-5-3-9(17)4-6-15/h1-2,7H,3-6,8H2. The molecule has 0 atom stereocenters. The van der Waals surface area contributed by atoms with Crippen LogP contribution in [-0.2, 0) is 9.59 Å². The van der Waals surface area contributed by atoms with Gasteiger partial charge in [0.25, 0.3) is 11.6 Å². The van der Waals surface area contributed by atoms with E-state index in [1.165, 1.54) is 18.2 Å². The van der Waals surface area contributed by atoms with Crippen molar-refractivity contribution in [2.24, 2.45) is 0 Å². The molecular weight excluding hydrogens is 300 g/mol. The van der Waals surface area contributed by atoms with Gasteiger partial charge in [-0.15, -0.1) is 0 Å². The Morgan fingerprint density at radius 2 is 2.05 bits per heavy atom. The molecule has 1 aliphatic rings. The number of nitro groups is 1. The minimum atomic E-state index is -0.595. The number of ether oxygens (including phenoxy) is 1. The third kappa shape index (κ3) is 3.91. The van der Waals surface area contributed by atoms with Crippen LogP contribution in [0, 0.1) is 10.1 Å². The molecule has 1 aliphatic heterocycles. The van der Waals surface area contributed by atoms with E-state index in [1.54, 1.807) is 4.90 Å². The monoisotopic (exact) mass is 312 g/mol. The second kappa shape index (κ2) is 6.53. The van der Waals surface area contributed by atoms with Crippen LogP contribution in [0.15, 0.2) is 18.2 Å². The minimum Gasteiger partial charge on any atom is -0.484 e. The van der Waals surface area contributed by atoms with Crippen LogP contribution >= 0.6 is 11.6 Å². The van der Waals surface area contributed by atoms with Gasteiger partial charge in [0, 0.05) is 38.1 Å². The molecule has 1 saturated heterocycles. The van der Waals surface area contributed by atoms with E-state index >= 15 is 0 Å². The van der Waals surface area contributed by atoms with Gasteiger partial charge in [0.15, 0.2) is 6.61 Å². The summed E-state index contributed by atoms with van der Waals surface area (Å²) in [5.74, 6) is 0.214. The molecule has 7 nitrogen and oxygen atoms in total. The van der Waals surface area contributed by atoms with Crippen LogP contribution < -0.4 is 4.74 Å². The van der Waals surface area contributed by atoms with E-state index in [4.69, 9.17) is 16.3 Å². The maximum absolute atomic E-state index is 11.9. The Morgan fingerprint density at radius 3 is 2.62 bits per heavy atom. The molecule has 0 unspecified atom stereocenters. The van der Waals surface area contributed by atoms with E-state index in [-0.39, 0.29) is 34.8 Å². The second-order valence-electron chi connectivity index (χ2n) is 4.58. The van der Waals surface area contributed by atoms with Crippen LogP contribution in [0.1, 0.15) is 12.8 Å². The van der Waals surface area contributed by atoms with Crippen molar-refractivity contribution in [1.29, 1.82) is 0 Å². The predicted molar refractivity (Wildman–Crippen MR) is 74.4 cm³/mol. The highest BCUT2D eigenvalue weighted by Crippen LogP contribution is 2.28. The molecule has 1 heterocycles. The molecule has 1 amide bonds. The third-order valence-electron chi connectivity index (χ3n) is 3.15. The summed E-state index contributed by atoms with van der Waals surface area (Å²) in [6.07, 6.45) is 0.740. The number of hydrogen-bond acceptors (Lipinski definition) is 5. The summed E-state index contributed by atoms with van der Waals surface area (Å²) >= 11 is 5.75. The van der Waals surface area contributed by atoms with Crippen LogP contribution in [-0.4, -0.2) is 41.2 Å². The molecule has 0 bridgehead atoms. The summed E-state index contributed by atoms with van der Waals surface area (Å²) in [6, 6.07) is 3.91. The van der Waals surface area contributed by atoms with E-state index in [1.807, 2.05) is 0 Å². The normalized spacial score (nSPS) is 14.9. The van der Waals surface area contributed by atoms with Crippen molar-refractivity contribution in [3.05, 3.63) is 33.3 Å². The average molecular weight is 313 g/mol. The Labute approximate surface area is 125 Å². The number of carbonyl (C=O) groups is 2. The number of nitrogens with zero attached hydrogens (tertiary/aromatic N) is 2. The summed E-state index contributed by atoms with van der Waals surface area (Å²) in [5.41, 5.74) is -0.218. The first-order valence-corrected chi connectivity index (χ1v) is 6.71. The van der Waals surface area contributed by atoms with E-state index in [2.05, 4.69) is 0 Å². The molecule has 0 aliphatic carbocycles. The van der Waals surface area contributed by atoms with Crippen molar-refractivity contribution < 1.29 is 19.2 Å². The number of nitro benzene ring substituents is 1. The van der Waals surface area contributed by atoms with Gasteiger partial charge in [0.05, 0.1) is 4.92 Å². The molecule has 0 aromatic heterocycles. The number of halogens is 1. The first-order valence-electron chi connectivity index (χ1n) is 6.33. The number of hydrogen-bond donors (Lipinski definition) is 0. The van der Waals surface area contributed by atoms with E-state index in [0.717, 1.165) is 0 Å². The van der Waals surface area contributed by atoms with Gasteiger partial charge in [-0.05, 0) is 6.07 Å². The van der Waals surface area contributed by atoms with Crippen molar-refractivity contribution in [3.8, 4) is 5.75 Å². The first kappa shape index (κ1) is 15.2. The molecule has 21 heavy (non-hydrogen) atoms. The number of ketones is 1. The molecule has 0 radical (unpaired) electrons. The summed E-state index contributed by atoms with van der Waals surface area (Å²) in [5, 5.41) is 10.6. The number of carbonyl (C=O) groups excluding carboxylic acids is 2. The fraction of sp³-hybridized carbons (Fsp3) is 0.385. The van der Waals surface area contributed by atoms with Gasteiger partial charge in [-0.3, -0.25) is 19.7 Å². The van der Waals surface area contributed by atoms with Crippen molar-refractivity contribution >= 4 is 29.0 Å². The molecule has 0 saturated carbocycles. The Kier molecular flexibility index (Phi) is 4.74. The van der Waals surface area contributed by atoms with Gasteiger partial charge in [-0.1, -0.05) is 11.6 Å². The highest BCUT2D eigenvalue weighted by molar-refractivity contribution is 6.32. The zero-order chi connectivity index (χ0) is 15.4. The average Bonchev–Trinajstić information content (AvgIpc) is 2.45. The summed E-state index contributed by atoms with van der Waals surface area (Å²) in [6.45, 7) is 0.617. The Morgan fingerprint density at radius 1 is 1.38 bits per heavy atom. The lowest BCUT2D eigenvalue weighted by Gasteiger charge is -2.25. The Bertz CT molecular complexity index is 580. The maximum Gasteiger partial charge on any atom is 0.288 e. The van der Waals surface area contributed by atoms with E-state index < -0.39 is 4.92 Å². The van der Waals surface area contributed by atoms with Gasteiger partial charge in [-0.25, -0.2) is 0 Å². The zero-order valence-electron chi connectivity index (χ0n) is 11.1. The van der Waals surface area contributed by atoms with Gasteiger partial charge in [-0.2, -0.15) is 0 Å². The van der Waals surface area contributed by atoms with Crippen LogP contribution in [0.2, 0.25) is 5.02 Å². The molecular formula is C13H13ClN2O5. The fourth-order valence-electron chi connectivity index (χ4n) is 1.97. The minimum absolute atomic E-state index is 0.0477. The van der Waals surface area contributed by atoms with Crippen molar-refractivity contribution in [3.63, 3.8) is 0 Å². The summed E-state index contributed by atoms with van der Waals surface area (Å²) in [7, 11) is 0. The number of benzene rings is 1. The molecule has 1 aromatic rings. The molecule has 0 N–H and O–H groups in total. The van der Waals surface area contributed by atoms with Gasteiger partial charge in [0.2, 0.25) is 0 Å². The third-order valence-corrected chi connectivity index (χ3v) is 3.45. The number of Topliss-reactive ketones (excluding diaryl/α,β-unsaturated/α-hetero) is 1. The van der Waals surface area contributed by atoms with Crippen molar-refractivity contribution in [1.82, 2.24) is 4.90 Å². The summed E-state index contributed by atoms with van der Waals surface area (Å²) in [4.78, 5) is 34.6. The van der Waals surface area contributed by atoms with Gasteiger partial charge in [0.1, 0.15) is 16.6 Å². The van der Waals surface area contributed by atoms with Crippen LogP contribution in [0.25, 0.3) is 0 Å². The number of piperidine rings is 1. The topological polar surface area (TPSA) is 89.8 Å². The first-order chi connectivity index (χ1) is 9.97. The summed E-state index contributed by atoms with van der Waals surface area (Å²) < 4.78 is 5.28. The lowest BCUT2D eigenvalue weighted by Crippen LogP contribution is -2.41. The van der Waals surface area contributed by atoms with E-state index in [0.29, 0.717) is 25.9 Å². The molecule has 112 valence electrons. The number of rotatable bonds is 4. The van der Waals surface area contributed by atoms with Crippen molar-refractivity contribution in [2.75, 3.05) is 19.7 Å². The lowest BCUT2D eigenvalue weighted by atomic mass is 10.1. The Hall–Kier alpha value is -2.15. The van der Waals surface area contributed by atoms with Crippen LogP contribution in [0.3, 0.4) is 0 Å². The highest BCUT2D eigenvalue weighted by Gasteiger charge is 2.21. The molecule has 0 spiro atoms. The fourth-order valence-corrected chi connectivity index (χ4v) is 2.21.